The van der Waals surface area contributed by atoms with Crippen LogP contribution in [0, 0.1) is 5.82 Å². The van der Waals surface area contributed by atoms with Gasteiger partial charge < -0.3 is 4.98 Å². The van der Waals surface area contributed by atoms with Gasteiger partial charge in [0.25, 0.3) is 0 Å². The minimum absolute atomic E-state index is 0.0646. The number of aromatic nitrogens is 2. The number of aromatic amines is 1. The zero-order chi connectivity index (χ0) is 19.1. The molecule has 27 heavy (non-hydrogen) atoms. The SMILES string of the molecule is O=c1[nH]c2cc(Cl)c(Cl)cc2n1C1CCN(Cc2ccc(Cl)cc2F)CC1. The van der Waals surface area contributed by atoms with Gasteiger partial charge in [0.15, 0.2) is 0 Å². The number of H-pyrrole nitrogens is 1. The van der Waals surface area contributed by atoms with E-state index >= 15 is 0 Å². The number of nitrogens with zero attached hydrogens (tertiary/aromatic N) is 2. The summed E-state index contributed by atoms with van der Waals surface area (Å²) < 4.78 is 15.8. The van der Waals surface area contributed by atoms with E-state index in [4.69, 9.17) is 34.8 Å². The van der Waals surface area contributed by atoms with Crippen molar-refractivity contribution in [3.05, 3.63) is 67.3 Å². The van der Waals surface area contributed by atoms with Crippen LogP contribution in [0.25, 0.3) is 11.0 Å². The molecule has 2 heterocycles. The van der Waals surface area contributed by atoms with Gasteiger partial charge in [-0.1, -0.05) is 40.9 Å². The summed E-state index contributed by atoms with van der Waals surface area (Å²) in [6.45, 7) is 2.07. The number of imidazole rings is 1. The maximum Gasteiger partial charge on any atom is 0.326 e. The van der Waals surface area contributed by atoms with Crippen LogP contribution in [0.5, 0.6) is 0 Å². The van der Waals surface area contributed by atoms with Crippen LogP contribution in [-0.4, -0.2) is 27.5 Å². The summed E-state index contributed by atoms with van der Waals surface area (Å²) in [7, 11) is 0. The molecule has 0 unspecified atom stereocenters. The van der Waals surface area contributed by atoms with Gasteiger partial charge in [0.2, 0.25) is 0 Å². The average Bonchev–Trinajstić information content (AvgIpc) is 2.93. The Bertz CT molecular complexity index is 1050. The Hall–Kier alpha value is -1.53. The van der Waals surface area contributed by atoms with Gasteiger partial charge in [-0.05, 0) is 37.1 Å². The molecule has 2 aromatic carbocycles. The van der Waals surface area contributed by atoms with Crippen LogP contribution < -0.4 is 5.69 Å². The van der Waals surface area contributed by atoms with Gasteiger partial charge in [-0.15, -0.1) is 0 Å². The standard InChI is InChI=1S/C19H17Cl3FN3O/c20-12-2-1-11(16(23)7-12)10-25-5-3-13(4-6-25)26-18-9-15(22)14(21)8-17(18)24-19(26)27/h1-2,7-9,13H,3-6,10H2,(H,24,27). The molecule has 8 heteroatoms. The molecule has 0 saturated carbocycles. The third kappa shape index (κ3) is 3.74. The molecule has 0 aliphatic carbocycles. The lowest BCUT2D eigenvalue weighted by atomic mass is 10.0. The largest absolute Gasteiger partial charge is 0.326 e. The average molecular weight is 429 g/mol. The van der Waals surface area contributed by atoms with E-state index in [1.807, 2.05) is 0 Å². The second-order valence-electron chi connectivity index (χ2n) is 6.83. The van der Waals surface area contributed by atoms with E-state index in [1.165, 1.54) is 6.07 Å². The molecule has 1 aromatic heterocycles. The van der Waals surface area contributed by atoms with Crippen LogP contribution in [0.1, 0.15) is 24.4 Å². The molecule has 0 atom stereocenters. The minimum atomic E-state index is -0.288. The van der Waals surface area contributed by atoms with Crippen molar-refractivity contribution in [2.45, 2.75) is 25.4 Å². The molecule has 0 amide bonds. The Morgan fingerprint density at radius 3 is 2.48 bits per heavy atom. The van der Waals surface area contributed by atoms with Crippen LogP contribution in [0.4, 0.5) is 4.39 Å². The van der Waals surface area contributed by atoms with Crippen LogP contribution in [0.15, 0.2) is 35.1 Å². The smallest absolute Gasteiger partial charge is 0.305 e. The van der Waals surface area contributed by atoms with E-state index in [0.717, 1.165) is 31.4 Å². The third-order valence-corrected chi connectivity index (χ3v) is 6.05. The number of hydrogen-bond donors (Lipinski definition) is 1. The highest BCUT2D eigenvalue weighted by molar-refractivity contribution is 6.42. The first-order chi connectivity index (χ1) is 12.9. The summed E-state index contributed by atoms with van der Waals surface area (Å²) in [4.78, 5) is 17.5. The Labute approximate surface area is 170 Å². The van der Waals surface area contributed by atoms with Crippen molar-refractivity contribution in [3.63, 3.8) is 0 Å². The van der Waals surface area contributed by atoms with Crippen molar-refractivity contribution in [1.29, 1.82) is 0 Å². The lowest BCUT2D eigenvalue weighted by Crippen LogP contribution is -2.36. The van der Waals surface area contributed by atoms with E-state index in [1.54, 1.807) is 28.8 Å². The molecule has 142 valence electrons. The fourth-order valence-corrected chi connectivity index (χ4v) is 4.19. The first kappa shape index (κ1) is 18.8. The van der Waals surface area contributed by atoms with E-state index < -0.39 is 0 Å². The molecule has 4 nitrogen and oxygen atoms in total. The summed E-state index contributed by atoms with van der Waals surface area (Å²) in [6.07, 6.45) is 1.59. The molecule has 1 saturated heterocycles. The summed E-state index contributed by atoms with van der Waals surface area (Å²) in [6, 6.07) is 8.23. The highest BCUT2D eigenvalue weighted by Crippen LogP contribution is 2.30. The molecule has 1 aliphatic heterocycles. The number of rotatable bonds is 3. The monoisotopic (exact) mass is 427 g/mol. The van der Waals surface area contributed by atoms with Crippen LogP contribution in [0.3, 0.4) is 0 Å². The molecular formula is C19H17Cl3FN3O. The molecule has 4 rings (SSSR count). The van der Waals surface area contributed by atoms with Gasteiger partial charge in [0.05, 0.1) is 21.1 Å². The van der Waals surface area contributed by atoms with Crippen molar-refractivity contribution >= 4 is 45.8 Å². The van der Waals surface area contributed by atoms with Crippen molar-refractivity contribution in [1.82, 2.24) is 14.5 Å². The van der Waals surface area contributed by atoms with Crippen molar-refractivity contribution in [2.24, 2.45) is 0 Å². The highest BCUT2D eigenvalue weighted by Gasteiger charge is 2.24. The van der Waals surface area contributed by atoms with E-state index in [2.05, 4.69) is 9.88 Å². The number of piperidine rings is 1. The molecule has 3 aromatic rings. The van der Waals surface area contributed by atoms with E-state index in [-0.39, 0.29) is 17.5 Å². The summed E-state index contributed by atoms with van der Waals surface area (Å²) >= 11 is 18.0. The molecule has 1 aliphatic rings. The van der Waals surface area contributed by atoms with Crippen molar-refractivity contribution in [3.8, 4) is 0 Å². The molecule has 0 radical (unpaired) electrons. The molecule has 1 N–H and O–H groups in total. The fourth-order valence-electron chi connectivity index (χ4n) is 3.71. The Kier molecular flexibility index (Phi) is 5.21. The number of hydrogen-bond acceptors (Lipinski definition) is 2. The van der Waals surface area contributed by atoms with Gasteiger partial charge in [-0.2, -0.15) is 0 Å². The number of fused-ring (bicyclic) bond motifs is 1. The second-order valence-corrected chi connectivity index (χ2v) is 8.08. The third-order valence-electron chi connectivity index (χ3n) is 5.09. The first-order valence-corrected chi connectivity index (χ1v) is 9.81. The van der Waals surface area contributed by atoms with Gasteiger partial charge in [-0.3, -0.25) is 9.47 Å². The van der Waals surface area contributed by atoms with Crippen molar-refractivity contribution in [2.75, 3.05) is 13.1 Å². The fraction of sp³-hybridized carbons (Fsp3) is 0.316. The quantitative estimate of drug-likeness (QED) is 0.618. The predicted molar refractivity (Wildman–Crippen MR) is 108 cm³/mol. The van der Waals surface area contributed by atoms with Crippen molar-refractivity contribution < 1.29 is 4.39 Å². The van der Waals surface area contributed by atoms with Gasteiger partial charge in [0, 0.05) is 36.3 Å². The zero-order valence-electron chi connectivity index (χ0n) is 14.3. The normalized spacial score (nSPS) is 16.3. The number of nitrogens with one attached hydrogen (secondary N) is 1. The number of likely N-dealkylation sites (tertiary alicyclic amines) is 1. The van der Waals surface area contributed by atoms with E-state index in [0.29, 0.717) is 32.7 Å². The Morgan fingerprint density at radius 1 is 1.07 bits per heavy atom. The van der Waals surface area contributed by atoms with Gasteiger partial charge in [-0.25, -0.2) is 9.18 Å². The zero-order valence-corrected chi connectivity index (χ0v) is 16.6. The van der Waals surface area contributed by atoms with Crippen LogP contribution in [-0.2, 0) is 6.54 Å². The Morgan fingerprint density at radius 2 is 1.78 bits per heavy atom. The highest BCUT2D eigenvalue weighted by atomic mass is 35.5. The topological polar surface area (TPSA) is 41.0 Å². The van der Waals surface area contributed by atoms with Gasteiger partial charge >= 0.3 is 5.69 Å². The minimum Gasteiger partial charge on any atom is -0.305 e. The Balaban J connectivity index is 1.51. The van der Waals surface area contributed by atoms with Crippen LogP contribution in [0.2, 0.25) is 15.1 Å². The number of halogens is 4. The summed E-state index contributed by atoms with van der Waals surface area (Å²) in [5, 5.41) is 1.23. The predicted octanol–water partition coefficient (Wildman–Crippen LogP) is 5.27. The molecule has 1 fully saturated rings. The summed E-state index contributed by atoms with van der Waals surface area (Å²) in [5.74, 6) is -0.288. The molecular weight excluding hydrogens is 412 g/mol. The first-order valence-electron chi connectivity index (χ1n) is 8.68. The maximum atomic E-state index is 14.0. The lowest BCUT2D eigenvalue weighted by molar-refractivity contribution is 0.178. The second kappa shape index (κ2) is 7.47. The maximum absolute atomic E-state index is 14.0. The molecule has 0 bridgehead atoms. The molecule has 0 spiro atoms. The summed E-state index contributed by atoms with van der Waals surface area (Å²) in [5.41, 5.74) is 1.91. The lowest BCUT2D eigenvalue weighted by Gasteiger charge is -2.32. The van der Waals surface area contributed by atoms with E-state index in [9.17, 15) is 9.18 Å². The van der Waals surface area contributed by atoms with Gasteiger partial charge in [0.1, 0.15) is 5.82 Å². The number of benzene rings is 2. The van der Waals surface area contributed by atoms with Crippen LogP contribution >= 0.6 is 34.8 Å².